The molecule has 0 amide bonds. The Morgan fingerprint density at radius 2 is 2.00 bits per heavy atom. The fraction of sp³-hybridized carbons (Fsp3) is 0.529. The molecule has 0 saturated carbocycles. The van der Waals surface area contributed by atoms with Gasteiger partial charge in [-0.05, 0) is 25.8 Å². The molecule has 4 heteroatoms. The van der Waals surface area contributed by atoms with E-state index in [-0.39, 0.29) is 18.8 Å². The predicted molar refractivity (Wildman–Crippen MR) is 85.0 cm³/mol. The van der Waals surface area contributed by atoms with Crippen molar-refractivity contribution in [3.63, 3.8) is 0 Å². The van der Waals surface area contributed by atoms with Crippen LogP contribution in [0.1, 0.15) is 31.9 Å². The molecule has 0 unspecified atom stereocenters. The van der Waals surface area contributed by atoms with E-state index >= 15 is 0 Å². The van der Waals surface area contributed by atoms with Gasteiger partial charge in [-0.1, -0.05) is 36.4 Å². The summed E-state index contributed by atoms with van der Waals surface area (Å²) in [5.41, 5.74) is 1.07. The Labute approximate surface area is 127 Å². The molecular formula is C17H27NO3. The Hall–Kier alpha value is -1.20. The number of methoxy groups -OCH3 is 1. The highest BCUT2D eigenvalue weighted by Crippen LogP contribution is 2.24. The van der Waals surface area contributed by atoms with Crippen molar-refractivity contribution in [2.45, 2.75) is 38.2 Å². The van der Waals surface area contributed by atoms with Gasteiger partial charge in [0.25, 0.3) is 0 Å². The van der Waals surface area contributed by atoms with Gasteiger partial charge in [0.05, 0.1) is 12.7 Å². The highest BCUT2D eigenvalue weighted by molar-refractivity contribution is 5.18. The van der Waals surface area contributed by atoms with E-state index in [9.17, 15) is 5.11 Å². The first-order valence-electron chi connectivity index (χ1n) is 7.25. The van der Waals surface area contributed by atoms with Gasteiger partial charge in [-0.2, -0.15) is 0 Å². The summed E-state index contributed by atoms with van der Waals surface area (Å²) in [4.78, 5) is 0. The largest absolute Gasteiger partial charge is 0.395 e. The predicted octanol–water partition coefficient (Wildman–Crippen LogP) is 2.65. The molecule has 0 radical (unpaired) electrons. The van der Waals surface area contributed by atoms with Crippen LogP contribution in [-0.4, -0.2) is 37.2 Å². The summed E-state index contributed by atoms with van der Waals surface area (Å²) in [5, 5.41) is 12.7. The summed E-state index contributed by atoms with van der Waals surface area (Å²) in [6, 6.07) is 9.99. The minimum absolute atomic E-state index is 0.0111. The summed E-state index contributed by atoms with van der Waals surface area (Å²) < 4.78 is 11.4. The monoisotopic (exact) mass is 293 g/mol. The number of benzene rings is 1. The lowest BCUT2D eigenvalue weighted by Crippen LogP contribution is -2.38. The lowest BCUT2D eigenvalue weighted by molar-refractivity contribution is -0.224. The second-order valence-electron chi connectivity index (χ2n) is 5.43. The average molecular weight is 293 g/mol. The normalized spacial score (nSPS) is 14.7. The van der Waals surface area contributed by atoms with Crippen LogP contribution in [0.3, 0.4) is 0 Å². The van der Waals surface area contributed by atoms with Gasteiger partial charge >= 0.3 is 0 Å². The molecule has 0 saturated heterocycles. The van der Waals surface area contributed by atoms with Crippen LogP contribution < -0.4 is 5.32 Å². The summed E-state index contributed by atoms with van der Waals surface area (Å²) in [5.74, 6) is -0.671. The number of aliphatic hydroxyl groups is 1. The number of ether oxygens (including phenoxy) is 2. The first-order chi connectivity index (χ1) is 10.0. The minimum atomic E-state index is -0.671. The standard InChI is InChI=1S/C17H27NO3/c1-5-9-15(13-19)18-12-16(21-17(2,3)20-4)14-10-7-6-8-11-14/h5-8,10-11,15-16,18-19H,1,9,12-13H2,2-4H3/t15-,16-/m0/s1. The van der Waals surface area contributed by atoms with Crippen molar-refractivity contribution < 1.29 is 14.6 Å². The van der Waals surface area contributed by atoms with Crippen LogP contribution in [0.2, 0.25) is 0 Å². The molecule has 0 aliphatic carbocycles. The first-order valence-corrected chi connectivity index (χ1v) is 7.25. The summed E-state index contributed by atoms with van der Waals surface area (Å²) >= 11 is 0. The van der Waals surface area contributed by atoms with Gasteiger partial charge in [0.1, 0.15) is 0 Å². The number of nitrogens with one attached hydrogen (secondary N) is 1. The Morgan fingerprint density at radius 3 is 2.52 bits per heavy atom. The third-order valence-electron chi connectivity index (χ3n) is 3.35. The molecule has 0 aromatic heterocycles. The van der Waals surface area contributed by atoms with Gasteiger partial charge in [0.15, 0.2) is 5.79 Å². The van der Waals surface area contributed by atoms with E-state index in [0.717, 1.165) is 5.56 Å². The van der Waals surface area contributed by atoms with Crippen LogP contribution in [0.25, 0.3) is 0 Å². The van der Waals surface area contributed by atoms with Crippen LogP contribution in [0.15, 0.2) is 43.0 Å². The molecule has 1 aromatic rings. The molecule has 4 nitrogen and oxygen atoms in total. The van der Waals surface area contributed by atoms with Crippen molar-refractivity contribution in [1.29, 1.82) is 0 Å². The second-order valence-corrected chi connectivity index (χ2v) is 5.43. The summed E-state index contributed by atoms with van der Waals surface area (Å²) in [6.07, 6.45) is 2.36. The number of hydrogen-bond acceptors (Lipinski definition) is 4. The van der Waals surface area contributed by atoms with E-state index in [0.29, 0.717) is 13.0 Å². The zero-order chi connectivity index (χ0) is 15.7. The lowest BCUT2D eigenvalue weighted by Gasteiger charge is -2.31. The van der Waals surface area contributed by atoms with Crippen molar-refractivity contribution in [2.75, 3.05) is 20.3 Å². The van der Waals surface area contributed by atoms with E-state index in [1.165, 1.54) is 0 Å². The first kappa shape index (κ1) is 17.9. The van der Waals surface area contributed by atoms with E-state index in [1.807, 2.05) is 44.2 Å². The van der Waals surface area contributed by atoms with E-state index in [1.54, 1.807) is 13.2 Å². The molecule has 0 bridgehead atoms. The van der Waals surface area contributed by atoms with Crippen molar-refractivity contribution in [1.82, 2.24) is 5.32 Å². The van der Waals surface area contributed by atoms with Crippen LogP contribution in [0.5, 0.6) is 0 Å². The van der Waals surface area contributed by atoms with Gasteiger partial charge < -0.3 is 19.9 Å². The van der Waals surface area contributed by atoms with Gasteiger partial charge in [-0.3, -0.25) is 0 Å². The Morgan fingerprint density at radius 1 is 1.33 bits per heavy atom. The van der Waals surface area contributed by atoms with Gasteiger partial charge in [0, 0.05) is 19.7 Å². The van der Waals surface area contributed by atoms with Crippen molar-refractivity contribution >= 4 is 0 Å². The molecule has 0 spiro atoms. The third-order valence-corrected chi connectivity index (χ3v) is 3.35. The molecule has 118 valence electrons. The molecular weight excluding hydrogens is 266 g/mol. The number of hydrogen-bond donors (Lipinski definition) is 2. The average Bonchev–Trinajstić information content (AvgIpc) is 2.50. The van der Waals surface area contributed by atoms with Crippen molar-refractivity contribution in [2.24, 2.45) is 0 Å². The Bertz CT molecular complexity index is 406. The molecule has 2 N–H and O–H groups in total. The zero-order valence-corrected chi connectivity index (χ0v) is 13.2. The SMILES string of the molecule is C=CC[C@@H](CO)NC[C@H](OC(C)(C)OC)c1ccccc1. The summed E-state index contributed by atoms with van der Waals surface area (Å²) in [7, 11) is 1.63. The highest BCUT2D eigenvalue weighted by Gasteiger charge is 2.24. The molecule has 21 heavy (non-hydrogen) atoms. The number of rotatable bonds is 10. The van der Waals surface area contributed by atoms with Crippen molar-refractivity contribution in [3.05, 3.63) is 48.6 Å². The molecule has 0 fully saturated rings. The minimum Gasteiger partial charge on any atom is -0.395 e. The van der Waals surface area contributed by atoms with Crippen LogP contribution >= 0.6 is 0 Å². The van der Waals surface area contributed by atoms with Crippen LogP contribution in [-0.2, 0) is 9.47 Å². The summed E-state index contributed by atoms with van der Waals surface area (Å²) in [6.45, 7) is 8.14. The van der Waals surface area contributed by atoms with E-state index in [4.69, 9.17) is 9.47 Å². The fourth-order valence-corrected chi connectivity index (χ4v) is 1.98. The van der Waals surface area contributed by atoms with Crippen LogP contribution in [0.4, 0.5) is 0 Å². The van der Waals surface area contributed by atoms with E-state index < -0.39 is 5.79 Å². The second kappa shape index (κ2) is 8.95. The van der Waals surface area contributed by atoms with Crippen LogP contribution in [0, 0.1) is 0 Å². The molecule has 1 aromatic carbocycles. The maximum Gasteiger partial charge on any atom is 0.163 e. The third kappa shape index (κ3) is 6.40. The fourth-order valence-electron chi connectivity index (χ4n) is 1.98. The van der Waals surface area contributed by atoms with Gasteiger partial charge in [0.2, 0.25) is 0 Å². The highest BCUT2D eigenvalue weighted by atomic mass is 16.7. The lowest BCUT2D eigenvalue weighted by atomic mass is 10.1. The number of aliphatic hydroxyl groups excluding tert-OH is 1. The van der Waals surface area contributed by atoms with Gasteiger partial charge in [-0.15, -0.1) is 6.58 Å². The molecule has 2 atom stereocenters. The van der Waals surface area contributed by atoms with Gasteiger partial charge in [-0.25, -0.2) is 0 Å². The molecule has 0 heterocycles. The van der Waals surface area contributed by atoms with E-state index in [2.05, 4.69) is 11.9 Å². The molecule has 1 rings (SSSR count). The maximum atomic E-state index is 9.34. The maximum absolute atomic E-state index is 9.34. The molecule has 0 aliphatic rings. The topological polar surface area (TPSA) is 50.7 Å². The molecule has 0 aliphatic heterocycles. The zero-order valence-electron chi connectivity index (χ0n) is 13.2. The Kier molecular flexibility index (Phi) is 7.61. The Balaban J connectivity index is 2.75. The van der Waals surface area contributed by atoms with Crippen molar-refractivity contribution in [3.8, 4) is 0 Å². The quantitative estimate of drug-likeness (QED) is 0.514. The smallest absolute Gasteiger partial charge is 0.163 e.